The van der Waals surface area contributed by atoms with Gasteiger partial charge in [0.2, 0.25) is 0 Å². The molecule has 4 aromatic rings. The summed E-state index contributed by atoms with van der Waals surface area (Å²) in [7, 11) is 0. The zero-order valence-corrected chi connectivity index (χ0v) is 20.3. The number of imidazole rings is 1. The number of benzene rings is 2. The van der Waals surface area contributed by atoms with E-state index in [0.29, 0.717) is 35.6 Å². The highest BCUT2D eigenvalue weighted by atomic mass is 19.1. The Labute approximate surface area is 207 Å². The third kappa shape index (κ3) is 4.31. The number of aliphatic hydroxyl groups excluding tert-OH is 1. The van der Waals surface area contributed by atoms with Gasteiger partial charge in [0.1, 0.15) is 28.7 Å². The van der Waals surface area contributed by atoms with Gasteiger partial charge in [0, 0.05) is 23.4 Å². The van der Waals surface area contributed by atoms with E-state index < -0.39 is 23.4 Å². The molecule has 0 saturated heterocycles. The fraction of sp³-hybridized carbons (Fsp3) is 0.296. The van der Waals surface area contributed by atoms with Crippen LogP contribution >= 0.6 is 0 Å². The Morgan fingerprint density at radius 1 is 1.22 bits per heavy atom. The molecule has 1 aliphatic carbocycles. The molecule has 36 heavy (non-hydrogen) atoms. The molecule has 0 radical (unpaired) electrons. The van der Waals surface area contributed by atoms with Crippen molar-refractivity contribution in [3.8, 4) is 11.3 Å². The molecule has 1 saturated carbocycles. The molecule has 2 aromatic carbocycles. The monoisotopic (exact) mass is 489 g/mol. The predicted octanol–water partition coefficient (Wildman–Crippen LogP) is 4.03. The zero-order chi connectivity index (χ0) is 25.8. The van der Waals surface area contributed by atoms with Crippen LogP contribution in [0.5, 0.6) is 0 Å². The Morgan fingerprint density at radius 2 is 1.97 bits per heavy atom. The number of hydrogen-bond donors (Lipinski definition) is 4. The standard InChI is InChI=1S/C27H28FN5O3/c1-14-9-19(31-26(35)23(34)16-5-4-6-18(28)10-16)7-8-20(14)21-22-24(29)30-15(2)13-33(22)25(32-21)17-11-27(3,36)12-17/h4-10,13,17,23,34,36H,11-12H2,1-3H3,(H2,29,30)(H,31,35). The molecule has 8 nitrogen and oxygen atoms in total. The topological polar surface area (TPSA) is 126 Å². The molecule has 1 amide bonds. The lowest BCUT2D eigenvalue weighted by Crippen LogP contribution is -2.40. The second kappa shape index (κ2) is 8.69. The van der Waals surface area contributed by atoms with Gasteiger partial charge >= 0.3 is 0 Å². The number of nitrogen functional groups attached to an aromatic ring is 1. The van der Waals surface area contributed by atoms with E-state index in [9.17, 15) is 19.4 Å². The first-order valence-electron chi connectivity index (χ1n) is 11.8. The summed E-state index contributed by atoms with van der Waals surface area (Å²) in [5.74, 6) is 0.110. The van der Waals surface area contributed by atoms with Gasteiger partial charge in [-0.15, -0.1) is 0 Å². The van der Waals surface area contributed by atoms with Gasteiger partial charge in [-0.3, -0.25) is 9.20 Å². The number of nitrogens with zero attached hydrogens (tertiary/aromatic N) is 3. The minimum Gasteiger partial charge on any atom is -0.390 e. The molecule has 5 N–H and O–H groups in total. The van der Waals surface area contributed by atoms with Gasteiger partial charge in [-0.2, -0.15) is 0 Å². The summed E-state index contributed by atoms with van der Waals surface area (Å²) in [6.45, 7) is 5.59. The van der Waals surface area contributed by atoms with Crippen molar-refractivity contribution in [3.63, 3.8) is 0 Å². The van der Waals surface area contributed by atoms with Crippen LogP contribution in [0.1, 0.15) is 54.4 Å². The maximum atomic E-state index is 13.5. The number of aromatic nitrogens is 3. The van der Waals surface area contributed by atoms with Crippen LogP contribution in [0, 0.1) is 19.7 Å². The molecule has 0 aliphatic heterocycles. The molecule has 5 rings (SSSR count). The van der Waals surface area contributed by atoms with E-state index in [1.807, 2.05) is 37.4 Å². The number of anilines is 2. The Kier molecular flexibility index (Phi) is 5.77. The number of aryl methyl sites for hydroxylation is 2. The fourth-order valence-corrected chi connectivity index (χ4v) is 4.99. The van der Waals surface area contributed by atoms with Gasteiger partial charge in [0.25, 0.3) is 5.91 Å². The first kappa shape index (κ1) is 23.9. The number of aliphatic hydroxyl groups is 2. The number of nitrogens with two attached hydrogens (primary N) is 1. The first-order valence-corrected chi connectivity index (χ1v) is 11.8. The first-order chi connectivity index (χ1) is 17.0. The number of halogens is 1. The summed E-state index contributed by atoms with van der Waals surface area (Å²) in [6.07, 6.45) is 1.63. The SMILES string of the molecule is Cc1cn2c(C3CC(C)(O)C3)nc(-c3ccc(NC(=O)C(O)c4cccc(F)c4)cc3C)c2c(N)n1. The van der Waals surface area contributed by atoms with E-state index >= 15 is 0 Å². The molecule has 186 valence electrons. The molecular formula is C27H28FN5O3. The van der Waals surface area contributed by atoms with Crippen molar-refractivity contribution >= 4 is 22.9 Å². The maximum absolute atomic E-state index is 13.5. The number of carbonyl (C=O) groups is 1. The van der Waals surface area contributed by atoms with Gasteiger partial charge in [-0.05, 0) is 69.0 Å². The zero-order valence-electron chi connectivity index (χ0n) is 20.3. The molecule has 1 fully saturated rings. The van der Waals surface area contributed by atoms with Gasteiger partial charge in [-0.1, -0.05) is 18.2 Å². The second-order valence-electron chi connectivity index (χ2n) is 9.88. The molecule has 2 aromatic heterocycles. The quantitative estimate of drug-likeness (QED) is 0.335. The number of rotatable bonds is 5. The Balaban J connectivity index is 1.47. The number of carbonyl (C=O) groups excluding carboxylic acids is 1. The van der Waals surface area contributed by atoms with Crippen LogP contribution < -0.4 is 11.1 Å². The van der Waals surface area contributed by atoms with Crippen molar-refractivity contribution in [1.82, 2.24) is 14.4 Å². The van der Waals surface area contributed by atoms with Crippen LogP contribution in [0.4, 0.5) is 15.9 Å². The second-order valence-corrected chi connectivity index (χ2v) is 9.88. The molecular weight excluding hydrogens is 461 g/mol. The average Bonchev–Trinajstić information content (AvgIpc) is 3.16. The third-order valence-corrected chi connectivity index (χ3v) is 6.69. The number of hydrogen-bond acceptors (Lipinski definition) is 6. The number of amides is 1. The van der Waals surface area contributed by atoms with Crippen LogP contribution in [0.3, 0.4) is 0 Å². The summed E-state index contributed by atoms with van der Waals surface area (Å²) in [6, 6.07) is 10.6. The largest absolute Gasteiger partial charge is 0.390 e. The highest BCUT2D eigenvalue weighted by Gasteiger charge is 2.42. The van der Waals surface area contributed by atoms with E-state index in [1.54, 1.807) is 12.1 Å². The molecule has 1 aliphatic rings. The smallest absolute Gasteiger partial charge is 0.257 e. The molecule has 1 unspecified atom stereocenters. The third-order valence-electron chi connectivity index (χ3n) is 6.69. The molecule has 9 heteroatoms. The van der Waals surface area contributed by atoms with Crippen LogP contribution in [0.15, 0.2) is 48.7 Å². The summed E-state index contributed by atoms with van der Waals surface area (Å²) in [4.78, 5) is 21.9. The maximum Gasteiger partial charge on any atom is 0.257 e. The van der Waals surface area contributed by atoms with Crippen molar-refractivity contribution in [3.05, 3.63) is 77.1 Å². The van der Waals surface area contributed by atoms with Crippen molar-refractivity contribution in [2.24, 2.45) is 0 Å². The van der Waals surface area contributed by atoms with E-state index in [0.717, 1.165) is 28.7 Å². The van der Waals surface area contributed by atoms with E-state index in [-0.39, 0.29) is 11.5 Å². The Hall–Kier alpha value is -3.82. The van der Waals surface area contributed by atoms with Crippen molar-refractivity contribution in [2.75, 3.05) is 11.1 Å². The minimum absolute atomic E-state index is 0.102. The summed E-state index contributed by atoms with van der Waals surface area (Å²) in [5.41, 5.74) is 10.1. The van der Waals surface area contributed by atoms with Crippen molar-refractivity contribution < 1.29 is 19.4 Å². The summed E-state index contributed by atoms with van der Waals surface area (Å²) < 4.78 is 15.4. The summed E-state index contributed by atoms with van der Waals surface area (Å²) in [5, 5.41) is 23.3. The van der Waals surface area contributed by atoms with Crippen molar-refractivity contribution in [1.29, 1.82) is 0 Å². The molecule has 0 bridgehead atoms. The lowest BCUT2D eigenvalue weighted by atomic mass is 9.72. The van der Waals surface area contributed by atoms with Gasteiger partial charge in [0.15, 0.2) is 6.10 Å². The highest BCUT2D eigenvalue weighted by molar-refractivity contribution is 5.95. The van der Waals surface area contributed by atoms with E-state index in [1.165, 1.54) is 18.2 Å². The van der Waals surface area contributed by atoms with Gasteiger partial charge in [-0.25, -0.2) is 14.4 Å². The van der Waals surface area contributed by atoms with Gasteiger partial charge in [0.05, 0.1) is 11.3 Å². The lowest BCUT2D eigenvalue weighted by Gasteiger charge is -2.40. The van der Waals surface area contributed by atoms with Gasteiger partial charge < -0.3 is 21.3 Å². The summed E-state index contributed by atoms with van der Waals surface area (Å²) >= 11 is 0. The average molecular weight is 490 g/mol. The minimum atomic E-state index is -1.51. The van der Waals surface area contributed by atoms with Crippen LogP contribution in [0.2, 0.25) is 0 Å². The van der Waals surface area contributed by atoms with Crippen LogP contribution in [-0.4, -0.2) is 36.1 Å². The Bertz CT molecular complexity index is 1490. The molecule has 0 spiro atoms. The van der Waals surface area contributed by atoms with E-state index in [4.69, 9.17) is 10.7 Å². The normalized spacial score (nSPS) is 20.2. The predicted molar refractivity (Wildman–Crippen MR) is 135 cm³/mol. The van der Waals surface area contributed by atoms with Crippen LogP contribution in [0.25, 0.3) is 16.8 Å². The van der Waals surface area contributed by atoms with Crippen molar-refractivity contribution in [2.45, 2.75) is 51.2 Å². The van der Waals surface area contributed by atoms with Crippen LogP contribution in [-0.2, 0) is 4.79 Å². The molecule has 1 atom stereocenters. The van der Waals surface area contributed by atoms with E-state index in [2.05, 4.69) is 10.3 Å². The number of fused-ring (bicyclic) bond motifs is 1. The lowest BCUT2D eigenvalue weighted by molar-refractivity contribution is -0.124. The Morgan fingerprint density at radius 3 is 2.64 bits per heavy atom. The fourth-order valence-electron chi connectivity index (χ4n) is 4.99. The molecule has 2 heterocycles. The number of nitrogens with one attached hydrogen (secondary N) is 1. The highest BCUT2D eigenvalue weighted by Crippen LogP contribution is 2.45.